The largest absolute Gasteiger partial charge is 0.325 e. The van der Waals surface area contributed by atoms with Crippen LogP contribution < -0.4 is 16.4 Å². The number of nitrogens with one attached hydrogen (secondary N) is 2. The SMILES string of the molecule is NCC(=O)Nc1ccc2c(c1)CC1(CC(=O)NC1=O)C2. The summed E-state index contributed by atoms with van der Waals surface area (Å²) >= 11 is 0. The van der Waals surface area contributed by atoms with Crippen molar-refractivity contribution in [3.63, 3.8) is 0 Å². The van der Waals surface area contributed by atoms with Gasteiger partial charge in [0.1, 0.15) is 0 Å². The van der Waals surface area contributed by atoms with Gasteiger partial charge in [-0.05, 0) is 36.1 Å². The summed E-state index contributed by atoms with van der Waals surface area (Å²) in [5.41, 5.74) is 7.36. The molecule has 1 aromatic carbocycles. The molecule has 0 aromatic heterocycles. The minimum Gasteiger partial charge on any atom is -0.325 e. The Bertz CT molecular complexity index is 626. The van der Waals surface area contributed by atoms with E-state index in [1.54, 1.807) is 6.07 Å². The highest BCUT2D eigenvalue weighted by Gasteiger charge is 2.50. The molecule has 104 valence electrons. The first-order valence-electron chi connectivity index (χ1n) is 6.48. The molecule has 3 amide bonds. The molecule has 1 fully saturated rings. The Morgan fingerprint density at radius 1 is 1.25 bits per heavy atom. The molecule has 1 heterocycles. The Balaban J connectivity index is 1.85. The molecule has 1 saturated heterocycles. The van der Waals surface area contributed by atoms with Gasteiger partial charge in [0.2, 0.25) is 17.7 Å². The molecule has 0 bridgehead atoms. The van der Waals surface area contributed by atoms with Gasteiger partial charge in [0.15, 0.2) is 0 Å². The Labute approximate surface area is 115 Å². The summed E-state index contributed by atoms with van der Waals surface area (Å²) in [6, 6.07) is 5.54. The van der Waals surface area contributed by atoms with E-state index < -0.39 is 5.41 Å². The first-order chi connectivity index (χ1) is 9.52. The molecule has 6 nitrogen and oxygen atoms in total. The first-order valence-corrected chi connectivity index (χ1v) is 6.48. The van der Waals surface area contributed by atoms with Gasteiger partial charge in [-0.25, -0.2) is 0 Å². The number of amides is 3. The average Bonchev–Trinajstić information content (AvgIpc) is 2.89. The molecule has 1 unspecified atom stereocenters. The van der Waals surface area contributed by atoms with Gasteiger partial charge in [-0.3, -0.25) is 19.7 Å². The van der Waals surface area contributed by atoms with Crippen LogP contribution in [0.15, 0.2) is 18.2 Å². The van der Waals surface area contributed by atoms with Crippen LogP contribution in [0.4, 0.5) is 5.69 Å². The van der Waals surface area contributed by atoms with E-state index >= 15 is 0 Å². The quantitative estimate of drug-likeness (QED) is 0.645. The molecule has 6 heteroatoms. The van der Waals surface area contributed by atoms with E-state index in [1.165, 1.54) is 0 Å². The second-order valence-electron chi connectivity index (χ2n) is 5.42. The van der Waals surface area contributed by atoms with Crippen molar-refractivity contribution >= 4 is 23.4 Å². The van der Waals surface area contributed by atoms with Gasteiger partial charge in [-0.1, -0.05) is 6.07 Å². The van der Waals surface area contributed by atoms with Crippen LogP contribution in [0.2, 0.25) is 0 Å². The Morgan fingerprint density at radius 3 is 2.65 bits per heavy atom. The predicted molar refractivity (Wildman–Crippen MR) is 71.7 cm³/mol. The fourth-order valence-electron chi connectivity index (χ4n) is 3.02. The Hall–Kier alpha value is -2.21. The van der Waals surface area contributed by atoms with Gasteiger partial charge in [-0.2, -0.15) is 0 Å². The lowest BCUT2D eigenvalue weighted by molar-refractivity contribution is -0.128. The lowest BCUT2D eigenvalue weighted by Crippen LogP contribution is -2.32. The molecule has 1 spiro atoms. The highest BCUT2D eigenvalue weighted by Crippen LogP contribution is 2.43. The number of carbonyl (C=O) groups is 3. The van der Waals surface area contributed by atoms with E-state index in [9.17, 15) is 14.4 Å². The lowest BCUT2D eigenvalue weighted by Gasteiger charge is -2.16. The van der Waals surface area contributed by atoms with Crippen LogP contribution in [0, 0.1) is 5.41 Å². The molecule has 4 N–H and O–H groups in total. The minimum atomic E-state index is -0.629. The zero-order valence-corrected chi connectivity index (χ0v) is 10.9. The second kappa shape index (κ2) is 4.42. The summed E-state index contributed by atoms with van der Waals surface area (Å²) in [4.78, 5) is 34.7. The van der Waals surface area contributed by atoms with Crippen LogP contribution in [-0.4, -0.2) is 24.3 Å². The lowest BCUT2D eigenvalue weighted by atomic mass is 9.83. The van der Waals surface area contributed by atoms with Crippen molar-refractivity contribution in [2.45, 2.75) is 19.3 Å². The maximum atomic E-state index is 12.0. The van der Waals surface area contributed by atoms with Crippen molar-refractivity contribution in [1.82, 2.24) is 5.32 Å². The van der Waals surface area contributed by atoms with E-state index in [4.69, 9.17) is 5.73 Å². The van der Waals surface area contributed by atoms with Gasteiger partial charge in [0.25, 0.3) is 0 Å². The van der Waals surface area contributed by atoms with Gasteiger partial charge in [0.05, 0.1) is 12.0 Å². The van der Waals surface area contributed by atoms with Crippen molar-refractivity contribution in [2.75, 3.05) is 11.9 Å². The van der Waals surface area contributed by atoms with Gasteiger partial charge < -0.3 is 11.1 Å². The fraction of sp³-hybridized carbons (Fsp3) is 0.357. The molecule has 1 atom stereocenters. The van der Waals surface area contributed by atoms with Gasteiger partial charge in [0, 0.05) is 12.1 Å². The molecule has 0 saturated carbocycles. The Morgan fingerprint density at radius 2 is 2.00 bits per heavy atom. The van der Waals surface area contributed by atoms with Crippen molar-refractivity contribution in [1.29, 1.82) is 0 Å². The second-order valence-corrected chi connectivity index (χ2v) is 5.42. The topological polar surface area (TPSA) is 101 Å². The number of hydrogen-bond acceptors (Lipinski definition) is 4. The molecule has 1 aliphatic carbocycles. The number of nitrogens with two attached hydrogens (primary N) is 1. The highest BCUT2D eigenvalue weighted by molar-refractivity contribution is 6.06. The van der Waals surface area contributed by atoms with Gasteiger partial charge in [-0.15, -0.1) is 0 Å². The smallest absolute Gasteiger partial charge is 0.238 e. The Kier molecular flexibility index (Phi) is 2.83. The van der Waals surface area contributed by atoms with Crippen molar-refractivity contribution in [3.8, 4) is 0 Å². The van der Waals surface area contributed by atoms with Crippen molar-refractivity contribution in [3.05, 3.63) is 29.3 Å². The van der Waals surface area contributed by atoms with E-state index in [2.05, 4.69) is 10.6 Å². The van der Waals surface area contributed by atoms with E-state index in [-0.39, 0.29) is 30.7 Å². The standard InChI is InChI=1S/C14H15N3O3/c15-7-12(19)16-10-2-1-8-4-14(5-9(8)3-10)6-11(18)17-13(14)20/h1-3H,4-7,15H2,(H,16,19)(H,17,18,20). The molecule has 2 aliphatic rings. The molecule has 1 aliphatic heterocycles. The van der Waals surface area contributed by atoms with E-state index in [1.807, 2.05) is 12.1 Å². The van der Waals surface area contributed by atoms with Crippen LogP contribution in [0.3, 0.4) is 0 Å². The normalized spacial score (nSPS) is 23.9. The van der Waals surface area contributed by atoms with Crippen molar-refractivity contribution < 1.29 is 14.4 Å². The summed E-state index contributed by atoms with van der Waals surface area (Å²) in [6.07, 6.45) is 1.35. The third-order valence-corrected chi connectivity index (χ3v) is 3.97. The molecular weight excluding hydrogens is 258 g/mol. The monoisotopic (exact) mass is 273 g/mol. The third-order valence-electron chi connectivity index (χ3n) is 3.97. The number of imide groups is 1. The predicted octanol–water partition coefficient (Wildman–Crippen LogP) is -0.285. The number of benzene rings is 1. The molecule has 20 heavy (non-hydrogen) atoms. The number of anilines is 1. The summed E-state index contributed by atoms with van der Waals surface area (Å²) in [5.74, 6) is -0.655. The summed E-state index contributed by atoms with van der Waals surface area (Å²) in [6.45, 7) is -0.0715. The maximum Gasteiger partial charge on any atom is 0.238 e. The number of hydrogen-bond donors (Lipinski definition) is 3. The number of carbonyl (C=O) groups excluding carboxylic acids is 3. The minimum absolute atomic E-state index is 0.0715. The number of rotatable bonds is 2. The average molecular weight is 273 g/mol. The highest BCUT2D eigenvalue weighted by atomic mass is 16.2. The molecular formula is C14H15N3O3. The van der Waals surface area contributed by atoms with Crippen molar-refractivity contribution in [2.24, 2.45) is 11.1 Å². The van der Waals surface area contributed by atoms with Crippen LogP contribution in [0.5, 0.6) is 0 Å². The first kappa shape index (κ1) is 12.8. The molecule has 0 radical (unpaired) electrons. The van der Waals surface area contributed by atoms with Gasteiger partial charge >= 0.3 is 0 Å². The van der Waals surface area contributed by atoms with E-state index in [0.29, 0.717) is 18.5 Å². The zero-order chi connectivity index (χ0) is 14.3. The van der Waals surface area contributed by atoms with Crippen LogP contribution in [0.1, 0.15) is 17.5 Å². The molecule has 3 rings (SSSR count). The van der Waals surface area contributed by atoms with Crippen LogP contribution in [-0.2, 0) is 27.2 Å². The number of fused-ring (bicyclic) bond motifs is 1. The fourth-order valence-corrected chi connectivity index (χ4v) is 3.02. The third kappa shape index (κ3) is 1.98. The van der Waals surface area contributed by atoms with Crippen LogP contribution in [0.25, 0.3) is 0 Å². The zero-order valence-electron chi connectivity index (χ0n) is 10.9. The molecule has 1 aromatic rings. The summed E-state index contributed by atoms with van der Waals surface area (Å²) in [7, 11) is 0. The maximum absolute atomic E-state index is 12.0. The van der Waals surface area contributed by atoms with Crippen LogP contribution >= 0.6 is 0 Å². The van der Waals surface area contributed by atoms with E-state index in [0.717, 1.165) is 11.1 Å². The summed E-state index contributed by atoms with van der Waals surface area (Å²) in [5, 5.41) is 5.07. The summed E-state index contributed by atoms with van der Waals surface area (Å²) < 4.78 is 0.